The lowest BCUT2D eigenvalue weighted by atomic mass is 10.1. The van der Waals surface area contributed by atoms with Gasteiger partial charge in [0.05, 0.1) is 25.4 Å². The summed E-state index contributed by atoms with van der Waals surface area (Å²) in [6.07, 6.45) is 6.36. The van der Waals surface area contributed by atoms with E-state index in [-0.39, 0.29) is 0 Å². The standard InChI is InChI=1S/C24H40N4O2/c1-4-25-24(26-17-20-9-5-6-10-21(20)18-27(2)3)28-14-12-22(13-15-28)30-19-23-11-7-8-16-29-23/h5-6,9-10,22-23H,4,7-8,11-19H2,1-3H3,(H,25,26). The van der Waals surface area contributed by atoms with Crippen LogP contribution in [0.2, 0.25) is 0 Å². The second-order valence-electron chi connectivity index (χ2n) is 8.68. The molecule has 6 nitrogen and oxygen atoms in total. The van der Waals surface area contributed by atoms with Crippen LogP contribution in [0, 0.1) is 0 Å². The Morgan fingerprint density at radius 1 is 1.17 bits per heavy atom. The molecule has 0 saturated carbocycles. The second-order valence-corrected chi connectivity index (χ2v) is 8.68. The number of rotatable bonds is 8. The highest BCUT2D eigenvalue weighted by Gasteiger charge is 2.23. The highest BCUT2D eigenvalue weighted by atomic mass is 16.5. The first-order chi connectivity index (χ1) is 14.7. The van der Waals surface area contributed by atoms with Crippen molar-refractivity contribution < 1.29 is 9.47 Å². The molecule has 0 amide bonds. The molecule has 2 saturated heterocycles. The molecule has 3 rings (SSSR count). The van der Waals surface area contributed by atoms with Gasteiger partial charge in [0.25, 0.3) is 0 Å². The Labute approximate surface area is 182 Å². The molecule has 0 aliphatic carbocycles. The molecule has 0 bridgehead atoms. The van der Waals surface area contributed by atoms with Crippen molar-refractivity contribution in [2.45, 2.75) is 64.3 Å². The van der Waals surface area contributed by atoms with E-state index in [1.807, 2.05) is 0 Å². The molecule has 30 heavy (non-hydrogen) atoms. The number of benzene rings is 1. The van der Waals surface area contributed by atoms with E-state index in [1.165, 1.54) is 24.0 Å². The van der Waals surface area contributed by atoms with Crippen LogP contribution >= 0.6 is 0 Å². The van der Waals surface area contributed by atoms with E-state index in [4.69, 9.17) is 14.5 Å². The molecule has 1 N–H and O–H groups in total. The highest BCUT2D eigenvalue weighted by Crippen LogP contribution is 2.18. The van der Waals surface area contributed by atoms with Gasteiger partial charge in [-0.2, -0.15) is 0 Å². The molecular weight excluding hydrogens is 376 g/mol. The summed E-state index contributed by atoms with van der Waals surface area (Å²) in [5.41, 5.74) is 2.64. The number of nitrogens with one attached hydrogen (secondary N) is 1. The van der Waals surface area contributed by atoms with E-state index in [2.05, 4.69) is 60.4 Å². The number of likely N-dealkylation sites (tertiary alicyclic amines) is 1. The molecule has 1 aromatic rings. The minimum atomic E-state index is 0.304. The van der Waals surface area contributed by atoms with Gasteiger partial charge in [-0.1, -0.05) is 24.3 Å². The Bertz CT molecular complexity index is 650. The van der Waals surface area contributed by atoms with Crippen LogP contribution in [0.5, 0.6) is 0 Å². The normalized spacial score (nSPS) is 21.3. The lowest BCUT2D eigenvalue weighted by Gasteiger charge is -2.35. The molecule has 2 aliphatic rings. The van der Waals surface area contributed by atoms with Crippen LogP contribution in [-0.4, -0.2) is 74.9 Å². The summed E-state index contributed by atoms with van der Waals surface area (Å²) in [6.45, 7) is 8.29. The van der Waals surface area contributed by atoms with Crippen LogP contribution in [-0.2, 0) is 22.6 Å². The molecule has 1 atom stereocenters. The largest absolute Gasteiger partial charge is 0.376 e. The maximum absolute atomic E-state index is 6.18. The van der Waals surface area contributed by atoms with Crippen LogP contribution in [0.15, 0.2) is 29.3 Å². The van der Waals surface area contributed by atoms with Crippen LogP contribution in [0.25, 0.3) is 0 Å². The summed E-state index contributed by atoms with van der Waals surface area (Å²) in [5, 5.41) is 3.49. The van der Waals surface area contributed by atoms with Gasteiger partial charge in [0.15, 0.2) is 5.96 Å². The zero-order valence-corrected chi connectivity index (χ0v) is 19.1. The van der Waals surface area contributed by atoms with Gasteiger partial charge in [0.1, 0.15) is 0 Å². The number of hydrogen-bond donors (Lipinski definition) is 1. The van der Waals surface area contributed by atoms with Crippen LogP contribution < -0.4 is 5.32 Å². The summed E-state index contributed by atoms with van der Waals surface area (Å²) in [7, 11) is 4.22. The summed E-state index contributed by atoms with van der Waals surface area (Å²) >= 11 is 0. The first-order valence-electron chi connectivity index (χ1n) is 11.6. The Hall–Kier alpha value is -1.63. The smallest absolute Gasteiger partial charge is 0.194 e. The summed E-state index contributed by atoms with van der Waals surface area (Å²) in [5.74, 6) is 1.02. The fraction of sp³-hybridized carbons (Fsp3) is 0.708. The summed E-state index contributed by atoms with van der Waals surface area (Å²) in [6, 6.07) is 8.62. The topological polar surface area (TPSA) is 49.3 Å². The Morgan fingerprint density at radius 2 is 1.93 bits per heavy atom. The van der Waals surface area contributed by atoms with Crippen molar-refractivity contribution in [1.82, 2.24) is 15.1 Å². The van der Waals surface area contributed by atoms with Crippen molar-refractivity contribution in [1.29, 1.82) is 0 Å². The van der Waals surface area contributed by atoms with Crippen molar-refractivity contribution in [2.24, 2.45) is 4.99 Å². The van der Waals surface area contributed by atoms with Crippen molar-refractivity contribution in [3.8, 4) is 0 Å². The molecular formula is C24H40N4O2. The molecule has 2 heterocycles. The van der Waals surface area contributed by atoms with Gasteiger partial charge in [-0.15, -0.1) is 0 Å². The van der Waals surface area contributed by atoms with E-state index in [9.17, 15) is 0 Å². The molecule has 1 unspecified atom stereocenters. The van der Waals surface area contributed by atoms with E-state index in [1.54, 1.807) is 0 Å². The number of nitrogens with zero attached hydrogens (tertiary/aromatic N) is 3. The predicted molar refractivity (Wildman–Crippen MR) is 123 cm³/mol. The van der Waals surface area contributed by atoms with E-state index in [0.29, 0.717) is 18.8 Å². The number of piperidine rings is 1. The summed E-state index contributed by atoms with van der Waals surface area (Å²) < 4.78 is 12.0. The third-order valence-corrected chi connectivity index (χ3v) is 5.87. The second kappa shape index (κ2) is 12.3. The fourth-order valence-corrected chi connectivity index (χ4v) is 4.21. The molecule has 2 fully saturated rings. The number of hydrogen-bond acceptors (Lipinski definition) is 4. The average molecular weight is 417 g/mol. The maximum Gasteiger partial charge on any atom is 0.194 e. The SMILES string of the molecule is CCNC(=NCc1ccccc1CN(C)C)N1CCC(OCC2CCCCO2)CC1. The van der Waals surface area contributed by atoms with Crippen LogP contribution in [0.1, 0.15) is 50.2 Å². The Kier molecular flexibility index (Phi) is 9.43. The predicted octanol–water partition coefficient (Wildman–Crippen LogP) is 3.26. The molecule has 0 spiro atoms. The number of aliphatic imine (C=N–C) groups is 1. The third-order valence-electron chi connectivity index (χ3n) is 5.87. The van der Waals surface area contributed by atoms with Crippen molar-refractivity contribution in [3.63, 3.8) is 0 Å². The molecule has 1 aromatic carbocycles. The zero-order chi connectivity index (χ0) is 21.2. The van der Waals surface area contributed by atoms with Crippen LogP contribution in [0.3, 0.4) is 0 Å². The quantitative estimate of drug-likeness (QED) is 0.521. The highest BCUT2D eigenvalue weighted by molar-refractivity contribution is 5.80. The first-order valence-corrected chi connectivity index (χ1v) is 11.6. The van der Waals surface area contributed by atoms with Gasteiger partial charge >= 0.3 is 0 Å². The Morgan fingerprint density at radius 3 is 2.60 bits per heavy atom. The first kappa shape index (κ1) is 23.0. The molecule has 0 radical (unpaired) electrons. The monoisotopic (exact) mass is 416 g/mol. The van der Waals surface area contributed by atoms with Gasteiger partial charge in [-0.3, -0.25) is 0 Å². The number of ether oxygens (including phenoxy) is 2. The van der Waals surface area contributed by atoms with E-state index in [0.717, 1.165) is 64.6 Å². The van der Waals surface area contributed by atoms with Gasteiger partial charge in [-0.05, 0) is 64.3 Å². The van der Waals surface area contributed by atoms with Gasteiger partial charge in [-0.25, -0.2) is 4.99 Å². The third kappa shape index (κ3) is 7.25. The van der Waals surface area contributed by atoms with Crippen molar-refractivity contribution in [2.75, 3.05) is 46.9 Å². The van der Waals surface area contributed by atoms with E-state index >= 15 is 0 Å². The Balaban J connectivity index is 1.51. The van der Waals surface area contributed by atoms with Gasteiger partial charge in [0, 0.05) is 32.8 Å². The fourth-order valence-electron chi connectivity index (χ4n) is 4.21. The van der Waals surface area contributed by atoms with Gasteiger partial charge in [0.2, 0.25) is 0 Å². The minimum absolute atomic E-state index is 0.304. The number of guanidine groups is 1. The molecule has 168 valence electrons. The van der Waals surface area contributed by atoms with Crippen LogP contribution in [0.4, 0.5) is 0 Å². The molecule has 6 heteroatoms. The maximum atomic E-state index is 6.18. The average Bonchev–Trinajstić information content (AvgIpc) is 2.77. The van der Waals surface area contributed by atoms with Crippen molar-refractivity contribution in [3.05, 3.63) is 35.4 Å². The van der Waals surface area contributed by atoms with E-state index < -0.39 is 0 Å². The van der Waals surface area contributed by atoms with Crippen molar-refractivity contribution >= 4 is 5.96 Å². The zero-order valence-electron chi connectivity index (χ0n) is 19.1. The lowest BCUT2D eigenvalue weighted by molar-refractivity contribution is -0.0721. The molecule has 0 aromatic heterocycles. The van der Waals surface area contributed by atoms with Gasteiger partial charge < -0.3 is 24.6 Å². The molecule has 2 aliphatic heterocycles. The summed E-state index contributed by atoms with van der Waals surface area (Å²) in [4.78, 5) is 9.56. The minimum Gasteiger partial charge on any atom is -0.376 e. The lowest BCUT2D eigenvalue weighted by Crippen LogP contribution is -2.47.